The van der Waals surface area contributed by atoms with Gasteiger partial charge in [-0.15, -0.1) is 0 Å². The predicted octanol–water partition coefficient (Wildman–Crippen LogP) is 3.17. The van der Waals surface area contributed by atoms with Gasteiger partial charge in [0, 0.05) is 13.0 Å². The molecule has 2 rings (SSSR count). The fourth-order valence-corrected chi connectivity index (χ4v) is 4.47. The van der Waals surface area contributed by atoms with Gasteiger partial charge < -0.3 is 9.84 Å². The number of Topliss-reactive ketones (excluding diaryl/α,β-unsaturated/α-hetero) is 1. The second-order valence-corrected chi connectivity index (χ2v) is 8.66. The number of sulfone groups is 1. The van der Waals surface area contributed by atoms with Gasteiger partial charge in [0.05, 0.1) is 17.6 Å². The monoisotopic (exact) mass is 390 g/mol. The molecule has 6 heteroatoms. The van der Waals surface area contributed by atoms with Gasteiger partial charge in [-0.1, -0.05) is 48.5 Å². The summed E-state index contributed by atoms with van der Waals surface area (Å²) in [6.45, 7) is 2.10. The van der Waals surface area contributed by atoms with E-state index in [0.29, 0.717) is 6.61 Å². The number of carbonyl (C=O) groups excluding carboxylic acids is 1. The van der Waals surface area contributed by atoms with E-state index in [-0.39, 0.29) is 36.5 Å². The molecular formula is C21H26O5S. The van der Waals surface area contributed by atoms with Crippen molar-refractivity contribution in [1.82, 2.24) is 0 Å². The van der Waals surface area contributed by atoms with Crippen molar-refractivity contribution in [3.8, 4) is 0 Å². The molecule has 1 N–H and O–H groups in total. The Morgan fingerprint density at radius 3 is 2.19 bits per heavy atom. The van der Waals surface area contributed by atoms with E-state index in [1.807, 2.05) is 30.3 Å². The average Bonchev–Trinajstić information content (AvgIpc) is 2.67. The molecule has 0 aliphatic carbocycles. The highest BCUT2D eigenvalue weighted by atomic mass is 32.2. The number of carbonyl (C=O) groups is 1. The van der Waals surface area contributed by atoms with Crippen LogP contribution in [-0.4, -0.2) is 37.3 Å². The fourth-order valence-electron chi connectivity index (χ4n) is 2.73. The van der Waals surface area contributed by atoms with E-state index >= 15 is 0 Å². The molecule has 0 aromatic heterocycles. The molecule has 146 valence electrons. The summed E-state index contributed by atoms with van der Waals surface area (Å²) >= 11 is 0. The predicted molar refractivity (Wildman–Crippen MR) is 104 cm³/mol. The molecule has 5 nitrogen and oxygen atoms in total. The Hall–Kier alpha value is -2.02. The van der Waals surface area contributed by atoms with Crippen molar-refractivity contribution >= 4 is 15.6 Å². The summed E-state index contributed by atoms with van der Waals surface area (Å²) in [5.41, 5.74) is 0.986. The lowest BCUT2D eigenvalue weighted by Gasteiger charge is -2.17. The molecule has 0 saturated heterocycles. The molecule has 0 spiro atoms. The molecule has 0 aliphatic rings. The lowest BCUT2D eigenvalue weighted by molar-refractivity contribution is -0.119. The molecule has 2 aromatic carbocycles. The lowest BCUT2D eigenvalue weighted by Crippen LogP contribution is -2.32. The van der Waals surface area contributed by atoms with E-state index in [9.17, 15) is 18.3 Å². The number of ether oxygens (including phenoxy) is 1. The minimum absolute atomic E-state index is 0.0209. The smallest absolute Gasteiger partial charge is 0.188 e. The zero-order valence-corrected chi connectivity index (χ0v) is 16.3. The molecule has 0 bridgehead atoms. The van der Waals surface area contributed by atoms with Crippen LogP contribution in [0.3, 0.4) is 0 Å². The van der Waals surface area contributed by atoms with Gasteiger partial charge in [0.1, 0.15) is 5.25 Å². The summed E-state index contributed by atoms with van der Waals surface area (Å²) in [6, 6.07) is 17.6. The summed E-state index contributed by atoms with van der Waals surface area (Å²) in [5.74, 6) is -0.386. The Kier molecular flexibility index (Phi) is 8.16. The highest BCUT2D eigenvalue weighted by Gasteiger charge is 2.33. The summed E-state index contributed by atoms with van der Waals surface area (Å²) in [5, 5.41) is 8.24. The van der Waals surface area contributed by atoms with E-state index < -0.39 is 21.2 Å². The highest BCUT2D eigenvalue weighted by molar-refractivity contribution is 7.92. The maximum Gasteiger partial charge on any atom is 0.188 e. The van der Waals surface area contributed by atoms with Crippen LogP contribution >= 0.6 is 0 Å². The van der Waals surface area contributed by atoms with E-state index in [4.69, 9.17) is 4.74 Å². The van der Waals surface area contributed by atoms with Crippen molar-refractivity contribution < 1.29 is 23.1 Å². The van der Waals surface area contributed by atoms with Crippen LogP contribution < -0.4 is 0 Å². The number of benzene rings is 2. The summed E-state index contributed by atoms with van der Waals surface area (Å²) in [4.78, 5) is 12.7. The Morgan fingerprint density at radius 1 is 1.00 bits per heavy atom. The Morgan fingerprint density at radius 2 is 1.59 bits per heavy atom. The van der Waals surface area contributed by atoms with Crippen LogP contribution in [0.4, 0.5) is 0 Å². The van der Waals surface area contributed by atoms with Crippen LogP contribution in [0.1, 0.15) is 31.7 Å². The molecule has 0 radical (unpaired) electrons. The molecule has 27 heavy (non-hydrogen) atoms. The Balaban J connectivity index is 2.06. The minimum atomic E-state index is -3.80. The normalized spacial score (nSPS) is 13.9. The number of aliphatic hydroxyl groups excluding tert-OH is 1. The van der Waals surface area contributed by atoms with Crippen LogP contribution in [0, 0.1) is 0 Å². The minimum Gasteiger partial charge on any atom is -0.393 e. The average molecular weight is 391 g/mol. The first kappa shape index (κ1) is 21.3. The second-order valence-electron chi connectivity index (χ2n) is 6.53. The molecule has 0 saturated carbocycles. The topological polar surface area (TPSA) is 80.7 Å². The fraction of sp³-hybridized carbons (Fsp3) is 0.381. The van der Waals surface area contributed by atoms with Crippen LogP contribution in [-0.2, 0) is 26.0 Å². The van der Waals surface area contributed by atoms with Gasteiger partial charge in [0.2, 0.25) is 0 Å². The molecule has 0 heterocycles. The van der Waals surface area contributed by atoms with Crippen molar-refractivity contribution in [2.75, 3.05) is 6.61 Å². The van der Waals surface area contributed by atoms with Crippen molar-refractivity contribution in [3.63, 3.8) is 0 Å². The highest BCUT2D eigenvalue weighted by Crippen LogP contribution is 2.21. The van der Waals surface area contributed by atoms with Crippen molar-refractivity contribution in [2.24, 2.45) is 0 Å². The summed E-state index contributed by atoms with van der Waals surface area (Å²) in [6.07, 6.45) is -0.302. The summed E-state index contributed by atoms with van der Waals surface area (Å²) in [7, 11) is -3.80. The SMILES string of the molecule is CC(O)CCC(=O)C(CCOCc1ccccc1)S(=O)(=O)c1ccccc1. The quantitative estimate of drug-likeness (QED) is 0.596. The zero-order valence-electron chi connectivity index (χ0n) is 15.5. The second kappa shape index (κ2) is 10.3. The molecule has 2 aromatic rings. The van der Waals surface area contributed by atoms with Crippen LogP contribution in [0.5, 0.6) is 0 Å². The first-order valence-corrected chi connectivity index (χ1v) is 10.6. The van der Waals surface area contributed by atoms with Gasteiger partial charge >= 0.3 is 0 Å². The maximum absolute atomic E-state index is 12.9. The Labute approximate surface area is 160 Å². The van der Waals surface area contributed by atoms with Gasteiger partial charge in [-0.3, -0.25) is 4.79 Å². The van der Waals surface area contributed by atoms with Crippen LogP contribution in [0.15, 0.2) is 65.6 Å². The van der Waals surface area contributed by atoms with Gasteiger partial charge in [0.15, 0.2) is 15.6 Å². The van der Waals surface area contributed by atoms with E-state index in [0.717, 1.165) is 5.56 Å². The lowest BCUT2D eigenvalue weighted by atomic mass is 10.1. The number of hydrogen-bond acceptors (Lipinski definition) is 5. The molecule has 2 unspecified atom stereocenters. The van der Waals surface area contributed by atoms with Crippen molar-refractivity contribution in [3.05, 3.63) is 66.2 Å². The van der Waals surface area contributed by atoms with Gasteiger partial charge in [-0.25, -0.2) is 8.42 Å². The molecule has 2 atom stereocenters. The van der Waals surface area contributed by atoms with Crippen LogP contribution in [0.25, 0.3) is 0 Å². The van der Waals surface area contributed by atoms with Crippen molar-refractivity contribution in [2.45, 2.75) is 49.0 Å². The zero-order chi connectivity index (χ0) is 19.7. The first-order valence-electron chi connectivity index (χ1n) is 9.02. The van der Waals surface area contributed by atoms with E-state index in [1.54, 1.807) is 25.1 Å². The standard InChI is InChI=1S/C21H26O5S/c1-17(22)12-13-20(23)21(27(24,25)19-10-6-3-7-11-19)14-15-26-16-18-8-4-2-5-9-18/h2-11,17,21-22H,12-16H2,1H3. The largest absolute Gasteiger partial charge is 0.393 e. The van der Waals surface area contributed by atoms with Gasteiger partial charge in [-0.2, -0.15) is 0 Å². The van der Waals surface area contributed by atoms with E-state index in [2.05, 4.69) is 0 Å². The van der Waals surface area contributed by atoms with Crippen LogP contribution in [0.2, 0.25) is 0 Å². The number of hydrogen-bond donors (Lipinski definition) is 1. The maximum atomic E-state index is 12.9. The Bertz CT molecular complexity index is 801. The third-order valence-corrected chi connectivity index (χ3v) is 6.43. The first-order chi connectivity index (χ1) is 12.9. The van der Waals surface area contributed by atoms with Crippen molar-refractivity contribution in [1.29, 1.82) is 0 Å². The molecule has 0 amide bonds. The van der Waals surface area contributed by atoms with Gasteiger partial charge in [-0.05, 0) is 37.5 Å². The third-order valence-electron chi connectivity index (χ3n) is 4.25. The number of ketones is 1. The summed E-state index contributed by atoms with van der Waals surface area (Å²) < 4.78 is 31.5. The number of aliphatic hydroxyl groups is 1. The third kappa shape index (κ3) is 6.57. The van der Waals surface area contributed by atoms with E-state index in [1.165, 1.54) is 12.1 Å². The molecular weight excluding hydrogens is 364 g/mol. The molecule has 0 aliphatic heterocycles. The number of rotatable bonds is 11. The molecule has 0 fully saturated rings. The van der Waals surface area contributed by atoms with Gasteiger partial charge in [0.25, 0.3) is 0 Å².